The monoisotopic (exact) mass is 347 g/mol. The fourth-order valence-electron chi connectivity index (χ4n) is 2.10. The maximum absolute atomic E-state index is 13.7. The molecule has 3 aromatic rings. The number of nitriles is 1. The minimum atomic E-state index is -0.366. The van der Waals surface area contributed by atoms with Crippen LogP contribution in [0.5, 0.6) is 0 Å². The van der Waals surface area contributed by atoms with Crippen LogP contribution in [0.25, 0.3) is 16.7 Å². The lowest BCUT2D eigenvalue weighted by Crippen LogP contribution is -1.95. The predicted octanol–water partition coefficient (Wildman–Crippen LogP) is 4.46. The van der Waals surface area contributed by atoms with Crippen molar-refractivity contribution < 1.29 is 4.39 Å². The molecule has 3 nitrogen and oxygen atoms in total. The van der Waals surface area contributed by atoms with Gasteiger partial charge in [0, 0.05) is 0 Å². The molecule has 1 heterocycles. The molecule has 2 aromatic carbocycles. The van der Waals surface area contributed by atoms with Crippen molar-refractivity contribution in [3.63, 3.8) is 0 Å². The van der Waals surface area contributed by atoms with E-state index >= 15 is 0 Å². The van der Waals surface area contributed by atoms with Crippen molar-refractivity contribution >= 4 is 39.2 Å². The lowest BCUT2D eigenvalue weighted by Gasteiger charge is -2.05. The van der Waals surface area contributed by atoms with Gasteiger partial charge in [-0.25, -0.2) is 4.39 Å². The number of imidazole rings is 1. The molecule has 3 rings (SSSR count). The van der Waals surface area contributed by atoms with Gasteiger partial charge in [0.1, 0.15) is 11.9 Å². The number of hydrogen-bond acceptors (Lipinski definition) is 2. The van der Waals surface area contributed by atoms with Gasteiger partial charge in [-0.2, -0.15) is 5.26 Å². The summed E-state index contributed by atoms with van der Waals surface area (Å²) >= 11 is 8.40. The Labute approximate surface area is 127 Å². The van der Waals surface area contributed by atoms with Crippen molar-refractivity contribution in [1.82, 2.24) is 9.55 Å². The van der Waals surface area contributed by atoms with Crippen LogP contribution in [-0.2, 0) is 0 Å². The van der Waals surface area contributed by atoms with Gasteiger partial charge in [-0.3, -0.25) is 4.57 Å². The summed E-state index contributed by atoms with van der Waals surface area (Å²) in [4.78, 5) is 3.00. The van der Waals surface area contributed by atoms with Crippen molar-refractivity contribution in [1.29, 1.82) is 5.26 Å². The van der Waals surface area contributed by atoms with Gasteiger partial charge in [0.15, 0.2) is 4.77 Å². The average molecular weight is 348 g/mol. The normalized spacial score (nSPS) is 10.7. The van der Waals surface area contributed by atoms with Crippen LogP contribution >= 0.6 is 28.1 Å². The van der Waals surface area contributed by atoms with Crippen molar-refractivity contribution in [3.8, 4) is 11.8 Å². The summed E-state index contributed by atoms with van der Waals surface area (Å²) in [7, 11) is 0. The van der Waals surface area contributed by atoms with Crippen LogP contribution in [-0.4, -0.2) is 9.55 Å². The topological polar surface area (TPSA) is 44.5 Å². The maximum Gasteiger partial charge on any atom is 0.182 e. The molecule has 20 heavy (non-hydrogen) atoms. The number of aromatic nitrogens is 2. The third kappa shape index (κ3) is 1.96. The largest absolute Gasteiger partial charge is 0.329 e. The predicted molar refractivity (Wildman–Crippen MR) is 80.8 cm³/mol. The molecule has 0 radical (unpaired) electrons. The van der Waals surface area contributed by atoms with Gasteiger partial charge in [0.2, 0.25) is 0 Å². The number of benzene rings is 2. The fraction of sp³-hybridized carbons (Fsp3) is 0. The Bertz CT molecular complexity index is 920. The molecule has 0 saturated heterocycles. The number of nitrogens with zero attached hydrogens (tertiary/aromatic N) is 2. The van der Waals surface area contributed by atoms with Gasteiger partial charge >= 0.3 is 0 Å². The van der Waals surface area contributed by atoms with Gasteiger partial charge in [-0.1, -0.05) is 6.07 Å². The second-order valence-corrected chi connectivity index (χ2v) is 5.42. The van der Waals surface area contributed by atoms with Crippen LogP contribution in [0, 0.1) is 21.9 Å². The molecule has 1 aromatic heterocycles. The van der Waals surface area contributed by atoms with E-state index < -0.39 is 0 Å². The molecule has 6 heteroatoms. The minimum Gasteiger partial charge on any atom is -0.329 e. The van der Waals surface area contributed by atoms with E-state index in [4.69, 9.17) is 17.5 Å². The lowest BCUT2D eigenvalue weighted by molar-refractivity contribution is 0.620. The Morgan fingerprint density at radius 1 is 1.30 bits per heavy atom. The third-order valence-electron chi connectivity index (χ3n) is 3.00. The molecule has 0 bridgehead atoms. The summed E-state index contributed by atoms with van der Waals surface area (Å²) in [5.41, 5.74) is 2.51. The number of aromatic amines is 1. The van der Waals surface area contributed by atoms with Crippen LogP contribution < -0.4 is 0 Å². The van der Waals surface area contributed by atoms with Gasteiger partial charge in [0.25, 0.3) is 0 Å². The van der Waals surface area contributed by atoms with Crippen molar-refractivity contribution in [2.45, 2.75) is 0 Å². The van der Waals surface area contributed by atoms with Crippen molar-refractivity contribution in [3.05, 3.63) is 57.0 Å². The Hall–Kier alpha value is -1.97. The number of rotatable bonds is 1. The molecule has 0 aliphatic heterocycles. The van der Waals surface area contributed by atoms with Gasteiger partial charge < -0.3 is 4.98 Å². The quantitative estimate of drug-likeness (QED) is 0.660. The molecular weight excluding hydrogens is 341 g/mol. The smallest absolute Gasteiger partial charge is 0.182 e. The van der Waals surface area contributed by atoms with E-state index in [0.29, 0.717) is 26.0 Å². The first-order chi connectivity index (χ1) is 9.61. The summed E-state index contributed by atoms with van der Waals surface area (Å²) in [5, 5.41) is 9.11. The SMILES string of the molecule is N#Cc1cccc2c1[nH]c(=S)n2-c1ccc(Br)c(F)c1. The standard InChI is InChI=1S/C14H7BrFN3S/c15-10-5-4-9(6-11(10)16)19-12-3-1-2-8(7-17)13(12)18-14(19)20/h1-6H,(H,18,20). The Kier molecular flexibility index (Phi) is 3.16. The van der Waals surface area contributed by atoms with Crippen molar-refractivity contribution in [2.24, 2.45) is 0 Å². The molecule has 98 valence electrons. The van der Waals surface area contributed by atoms with E-state index in [1.165, 1.54) is 6.07 Å². The molecular formula is C14H7BrFN3S. The van der Waals surface area contributed by atoms with E-state index in [2.05, 4.69) is 27.0 Å². The lowest BCUT2D eigenvalue weighted by atomic mass is 10.2. The fourth-order valence-corrected chi connectivity index (χ4v) is 2.66. The number of hydrogen-bond donors (Lipinski definition) is 1. The van der Waals surface area contributed by atoms with Gasteiger partial charge in [-0.05, 0) is 58.5 Å². The third-order valence-corrected chi connectivity index (χ3v) is 3.93. The molecule has 0 aliphatic carbocycles. The first-order valence-electron chi connectivity index (χ1n) is 5.71. The van der Waals surface area contributed by atoms with Crippen LogP contribution in [0.4, 0.5) is 4.39 Å². The average Bonchev–Trinajstić information content (AvgIpc) is 2.78. The number of fused-ring (bicyclic) bond motifs is 1. The van der Waals surface area contributed by atoms with E-state index in [0.717, 1.165) is 5.52 Å². The second-order valence-electron chi connectivity index (χ2n) is 4.18. The molecule has 0 saturated carbocycles. The molecule has 0 unspecified atom stereocenters. The van der Waals surface area contributed by atoms with E-state index in [9.17, 15) is 4.39 Å². The van der Waals surface area contributed by atoms with Crippen LogP contribution in [0.3, 0.4) is 0 Å². The summed E-state index contributed by atoms with van der Waals surface area (Å²) in [5.74, 6) is -0.366. The molecule has 0 spiro atoms. The summed E-state index contributed by atoms with van der Waals surface area (Å²) in [6.45, 7) is 0. The highest BCUT2D eigenvalue weighted by atomic mass is 79.9. The first-order valence-corrected chi connectivity index (χ1v) is 6.91. The minimum absolute atomic E-state index is 0.366. The Morgan fingerprint density at radius 2 is 2.10 bits per heavy atom. The number of halogens is 2. The number of para-hydroxylation sites is 1. The first kappa shape index (κ1) is 13.0. The van der Waals surface area contributed by atoms with Crippen LogP contribution in [0.15, 0.2) is 40.9 Å². The summed E-state index contributed by atoms with van der Waals surface area (Å²) in [6.07, 6.45) is 0. The molecule has 0 amide bonds. The second kappa shape index (κ2) is 4.85. The summed E-state index contributed by atoms with van der Waals surface area (Å²) < 4.78 is 16.2. The highest BCUT2D eigenvalue weighted by Crippen LogP contribution is 2.24. The van der Waals surface area contributed by atoms with Crippen LogP contribution in [0.2, 0.25) is 0 Å². The van der Waals surface area contributed by atoms with Crippen molar-refractivity contribution in [2.75, 3.05) is 0 Å². The van der Waals surface area contributed by atoms with Gasteiger partial charge in [-0.15, -0.1) is 0 Å². The van der Waals surface area contributed by atoms with E-state index in [1.54, 1.807) is 28.8 Å². The number of H-pyrrole nitrogens is 1. The highest BCUT2D eigenvalue weighted by molar-refractivity contribution is 9.10. The zero-order chi connectivity index (χ0) is 14.3. The number of nitrogens with one attached hydrogen (secondary N) is 1. The zero-order valence-corrected chi connectivity index (χ0v) is 12.4. The molecule has 1 N–H and O–H groups in total. The Morgan fingerprint density at radius 3 is 2.80 bits per heavy atom. The van der Waals surface area contributed by atoms with E-state index in [1.807, 2.05) is 6.07 Å². The van der Waals surface area contributed by atoms with E-state index in [-0.39, 0.29) is 5.82 Å². The van der Waals surface area contributed by atoms with Gasteiger partial charge in [0.05, 0.1) is 26.8 Å². The maximum atomic E-state index is 13.7. The highest BCUT2D eigenvalue weighted by Gasteiger charge is 2.11. The Balaban J connectivity index is 2.37. The molecule has 0 fully saturated rings. The summed E-state index contributed by atoms with van der Waals surface area (Å²) in [6, 6.07) is 12.2. The molecule has 0 aliphatic rings. The molecule has 0 atom stereocenters. The van der Waals surface area contributed by atoms with Crippen LogP contribution in [0.1, 0.15) is 5.56 Å². The zero-order valence-electron chi connectivity index (χ0n) is 10.0.